The lowest BCUT2D eigenvalue weighted by atomic mass is 9.90. The van der Waals surface area contributed by atoms with Crippen molar-refractivity contribution < 1.29 is 18.8 Å². The molecule has 2 aromatic carbocycles. The van der Waals surface area contributed by atoms with E-state index in [0.29, 0.717) is 11.1 Å². The molecule has 1 aliphatic rings. The fourth-order valence-corrected chi connectivity index (χ4v) is 3.99. The fourth-order valence-electron chi connectivity index (χ4n) is 3.99. The average Bonchev–Trinajstić information content (AvgIpc) is 2.81. The molecule has 2 aromatic rings. The Morgan fingerprint density at radius 2 is 1.71 bits per heavy atom. The van der Waals surface area contributed by atoms with Crippen LogP contribution in [-0.2, 0) is 16.9 Å². The van der Waals surface area contributed by atoms with Gasteiger partial charge in [-0.1, -0.05) is 18.2 Å². The number of hydrogen-bond donors (Lipinski definition) is 1. The Morgan fingerprint density at radius 3 is 2.29 bits per heavy atom. The first-order valence-electron chi connectivity index (χ1n) is 9.07. The Bertz CT molecular complexity index is 998. The van der Waals surface area contributed by atoms with Gasteiger partial charge in [0.15, 0.2) is 5.78 Å². The SMILES string of the molecule is CC(=O)c1c(C)cc(C)c(CN2C(=O)NC(C)(c3ccc(F)cc3)C2=O)c1C. The third kappa shape index (κ3) is 3.09. The molecule has 28 heavy (non-hydrogen) atoms. The van der Waals surface area contributed by atoms with Crippen molar-refractivity contribution in [1.82, 2.24) is 10.2 Å². The summed E-state index contributed by atoms with van der Waals surface area (Å²) in [6.45, 7) is 8.80. The van der Waals surface area contributed by atoms with E-state index in [1.807, 2.05) is 26.8 Å². The van der Waals surface area contributed by atoms with Crippen LogP contribution in [0.1, 0.15) is 52.0 Å². The third-order valence-corrected chi connectivity index (χ3v) is 5.50. The second kappa shape index (κ2) is 6.86. The summed E-state index contributed by atoms with van der Waals surface area (Å²) in [5.74, 6) is -0.874. The van der Waals surface area contributed by atoms with Crippen LogP contribution in [0, 0.1) is 26.6 Å². The number of halogens is 1. The molecule has 1 heterocycles. The average molecular weight is 382 g/mol. The Morgan fingerprint density at radius 1 is 1.11 bits per heavy atom. The maximum Gasteiger partial charge on any atom is 0.325 e. The van der Waals surface area contributed by atoms with Gasteiger partial charge in [-0.05, 0) is 74.6 Å². The van der Waals surface area contributed by atoms with Crippen LogP contribution in [0.5, 0.6) is 0 Å². The zero-order valence-electron chi connectivity index (χ0n) is 16.6. The van der Waals surface area contributed by atoms with Crippen LogP contribution >= 0.6 is 0 Å². The van der Waals surface area contributed by atoms with Gasteiger partial charge in [-0.15, -0.1) is 0 Å². The van der Waals surface area contributed by atoms with E-state index in [2.05, 4.69) is 5.32 Å². The molecule has 0 aliphatic carbocycles. The van der Waals surface area contributed by atoms with Crippen molar-refractivity contribution in [2.24, 2.45) is 0 Å². The quantitative estimate of drug-likeness (QED) is 0.644. The number of carbonyl (C=O) groups is 3. The number of nitrogens with one attached hydrogen (secondary N) is 1. The van der Waals surface area contributed by atoms with Gasteiger partial charge in [0.2, 0.25) is 0 Å². The summed E-state index contributed by atoms with van der Waals surface area (Å²) in [6.07, 6.45) is 0. The number of aryl methyl sites for hydroxylation is 2. The molecule has 0 spiro atoms. The van der Waals surface area contributed by atoms with Crippen LogP contribution in [0.15, 0.2) is 30.3 Å². The number of urea groups is 1. The van der Waals surface area contributed by atoms with Gasteiger partial charge in [0.25, 0.3) is 5.91 Å². The highest BCUT2D eigenvalue weighted by Gasteiger charge is 2.49. The van der Waals surface area contributed by atoms with E-state index in [-0.39, 0.29) is 12.3 Å². The van der Waals surface area contributed by atoms with Crippen molar-refractivity contribution in [3.8, 4) is 0 Å². The molecule has 1 unspecified atom stereocenters. The van der Waals surface area contributed by atoms with E-state index in [0.717, 1.165) is 27.2 Å². The lowest BCUT2D eigenvalue weighted by Gasteiger charge is -2.23. The molecule has 1 atom stereocenters. The predicted octanol–water partition coefficient (Wildman–Crippen LogP) is 3.92. The van der Waals surface area contributed by atoms with Crippen molar-refractivity contribution >= 4 is 17.7 Å². The minimum Gasteiger partial charge on any atom is -0.319 e. The summed E-state index contributed by atoms with van der Waals surface area (Å²) in [5.41, 5.74) is 3.21. The van der Waals surface area contributed by atoms with E-state index in [4.69, 9.17) is 0 Å². The monoisotopic (exact) mass is 382 g/mol. The Balaban J connectivity index is 1.99. The van der Waals surface area contributed by atoms with Gasteiger partial charge >= 0.3 is 6.03 Å². The number of carbonyl (C=O) groups excluding carboxylic acids is 3. The van der Waals surface area contributed by atoms with Crippen LogP contribution in [0.25, 0.3) is 0 Å². The molecular formula is C22H23FN2O3. The summed E-state index contributed by atoms with van der Waals surface area (Å²) in [4.78, 5) is 38.9. The fraction of sp³-hybridized carbons (Fsp3) is 0.318. The molecule has 1 aliphatic heterocycles. The second-order valence-corrected chi connectivity index (χ2v) is 7.50. The molecule has 146 valence electrons. The highest BCUT2D eigenvalue weighted by Crippen LogP contribution is 2.32. The molecule has 1 N–H and O–H groups in total. The number of nitrogens with zero attached hydrogens (tertiary/aromatic N) is 1. The minimum absolute atomic E-state index is 0.0513. The molecule has 0 bridgehead atoms. The first kappa shape index (κ1) is 19.7. The van der Waals surface area contributed by atoms with Crippen molar-refractivity contribution in [2.45, 2.75) is 46.7 Å². The van der Waals surface area contributed by atoms with Crippen LogP contribution in [0.2, 0.25) is 0 Å². The zero-order valence-corrected chi connectivity index (χ0v) is 16.6. The standard InChI is InChI=1S/C22H23FN2O3/c1-12-10-13(2)19(15(4)26)14(3)18(12)11-25-20(27)22(5,24-21(25)28)16-6-8-17(23)9-7-16/h6-10H,11H2,1-5H3,(H,24,28). The lowest BCUT2D eigenvalue weighted by molar-refractivity contribution is -0.131. The third-order valence-electron chi connectivity index (χ3n) is 5.50. The Kier molecular flexibility index (Phi) is 4.83. The normalized spacial score (nSPS) is 19.1. The summed E-state index contributed by atoms with van der Waals surface area (Å²) in [7, 11) is 0. The molecule has 0 saturated carbocycles. The first-order valence-corrected chi connectivity index (χ1v) is 9.07. The van der Waals surface area contributed by atoms with Crippen LogP contribution < -0.4 is 5.32 Å². The van der Waals surface area contributed by atoms with Crippen molar-refractivity contribution in [3.63, 3.8) is 0 Å². The lowest BCUT2D eigenvalue weighted by Crippen LogP contribution is -2.40. The van der Waals surface area contributed by atoms with Gasteiger partial charge in [-0.25, -0.2) is 9.18 Å². The highest BCUT2D eigenvalue weighted by atomic mass is 19.1. The molecular weight excluding hydrogens is 359 g/mol. The van der Waals surface area contributed by atoms with E-state index >= 15 is 0 Å². The van der Waals surface area contributed by atoms with Gasteiger partial charge in [-0.2, -0.15) is 0 Å². The maximum atomic E-state index is 13.3. The molecule has 3 amide bonds. The van der Waals surface area contributed by atoms with E-state index in [1.54, 1.807) is 6.92 Å². The van der Waals surface area contributed by atoms with E-state index in [1.165, 1.54) is 31.2 Å². The number of Topliss-reactive ketones (excluding diaryl/α,β-unsaturated/α-hetero) is 1. The summed E-state index contributed by atoms with van der Waals surface area (Å²) >= 11 is 0. The van der Waals surface area contributed by atoms with Gasteiger partial charge in [-0.3, -0.25) is 14.5 Å². The van der Waals surface area contributed by atoms with Crippen molar-refractivity contribution in [1.29, 1.82) is 0 Å². The second-order valence-electron chi connectivity index (χ2n) is 7.50. The van der Waals surface area contributed by atoms with Crippen LogP contribution in [0.3, 0.4) is 0 Å². The van der Waals surface area contributed by atoms with E-state index in [9.17, 15) is 18.8 Å². The van der Waals surface area contributed by atoms with Gasteiger partial charge in [0.05, 0.1) is 6.54 Å². The maximum absolute atomic E-state index is 13.3. The minimum atomic E-state index is -1.26. The first-order chi connectivity index (χ1) is 13.1. The predicted molar refractivity (Wildman–Crippen MR) is 103 cm³/mol. The molecule has 1 fully saturated rings. The van der Waals surface area contributed by atoms with Crippen LogP contribution in [-0.4, -0.2) is 22.6 Å². The van der Waals surface area contributed by atoms with Crippen molar-refractivity contribution in [2.75, 3.05) is 0 Å². The van der Waals surface area contributed by atoms with E-state index < -0.39 is 23.3 Å². The summed E-state index contributed by atoms with van der Waals surface area (Å²) in [6, 6.07) is 6.89. The highest BCUT2D eigenvalue weighted by molar-refractivity contribution is 6.07. The largest absolute Gasteiger partial charge is 0.325 e. The van der Waals surface area contributed by atoms with Crippen molar-refractivity contribution in [3.05, 3.63) is 69.5 Å². The number of amides is 3. The molecule has 6 heteroatoms. The number of hydrogen-bond acceptors (Lipinski definition) is 3. The molecule has 0 radical (unpaired) electrons. The Labute approximate surface area is 163 Å². The smallest absolute Gasteiger partial charge is 0.319 e. The number of imide groups is 1. The Hall–Kier alpha value is -3.02. The number of ketones is 1. The number of benzene rings is 2. The number of rotatable bonds is 4. The molecule has 5 nitrogen and oxygen atoms in total. The topological polar surface area (TPSA) is 66.5 Å². The van der Waals surface area contributed by atoms with Gasteiger partial charge in [0.1, 0.15) is 11.4 Å². The van der Waals surface area contributed by atoms with Gasteiger partial charge in [0, 0.05) is 5.56 Å². The molecule has 0 aromatic heterocycles. The van der Waals surface area contributed by atoms with Crippen LogP contribution in [0.4, 0.5) is 9.18 Å². The summed E-state index contributed by atoms with van der Waals surface area (Å²) in [5, 5.41) is 2.72. The molecule has 3 rings (SSSR count). The zero-order chi connectivity index (χ0) is 20.8. The summed E-state index contributed by atoms with van der Waals surface area (Å²) < 4.78 is 13.3. The molecule has 1 saturated heterocycles. The van der Waals surface area contributed by atoms with Gasteiger partial charge < -0.3 is 5.32 Å².